The van der Waals surface area contributed by atoms with Crippen molar-refractivity contribution in [3.05, 3.63) is 6.42 Å². The third-order valence-corrected chi connectivity index (χ3v) is 2.19. The van der Waals surface area contributed by atoms with Gasteiger partial charge in [0.1, 0.15) is 0 Å². The highest BCUT2D eigenvalue weighted by molar-refractivity contribution is 9.09. The van der Waals surface area contributed by atoms with E-state index in [4.69, 9.17) is 0 Å². The molecular formula is C6H10Br. The molecule has 0 aromatic carbocycles. The summed E-state index contributed by atoms with van der Waals surface area (Å²) in [6, 6.07) is 0. The van der Waals surface area contributed by atoms with E-state index in [0.29, 0.717) is 0 Å². The van der Waals surface area contributed by atoms with Crippen LogP contribution in [0.3, 0.4) is 0 Å². The summed E-state index contributed by atoms with van der Waals surface area (Å²) in [4.78, 5) is 0.723. The Bertz CT molecular complexity index is 46.1. The molecule has 1 atom stereocenters. The average molecular weight is 162 g/mol. The maximum absolute atomic E-state index is 3.53. The van der Waals surface area contributed by atoms with Crippen molar-refractivity contribution in [1.82, 2.24) is 0 Å². The maximum Gasteiger partial charge on any atom is 0.0177 e. The van der Waals surface area contributed by atoms with Gasteiger partial charge in [0, 0.05) is 4.83 Å². The first-order valence-electron chi connectivity index (χ1n) is 2.87. The topological polar surface area (TPSA) is 0 Å². The van der Waals surface area contributed by atoms with E-state index in [0.717, 1.165) is 4.83 Å². The van der Waals surface area contributed by atoms with Crippen molar-refractivity contribution in [1.29, 1.82) is 0 Å². The van der Waals surface area contributed by atoms with Crippen LogP contribution >= 0.6 is 15.9 Å². The Morgan fingerprint density at radius 3 is 2.57 bits per heavy atom. The van der Waals surface area contributed by atoms with Gasteiger partial charge in [0.15, 0.2) is 0 Å². The van der Waals surface area contributed by atoms with Gasteiger partial charge in [-0.3, -0.25) is 0 Å². The zero-order valence-electron chi connectivity index (χ0n) is 4.36. The minimum Gasteiger partial charge on any atom is -0.0888 e. The molecule has 0 N–H and O–H groups in total. The van der Waals surface area contributed by atoms with E-state index in [1.165, 1.54) is 25.7 Å². The Kier molecular flexibility index (Phi) is 2.17. The van der Waals surface area contributed by atoms with Crippen LogP contribution in [0.5, 0.6) is 0 Å². The van der Waals surface area contributed by atoms with Gasteiger partial charge in [0.05, 0.1) is 0 Å². The predicted octanol–water partition coefficient (Wildman–Crippen LogP) is 2.53. The van der Waals surface area contributed by atoms with Crippen LogP contribution in [0.2, 0.25) is 0 Å². The van der Waals surface area contributed by atoms with E-state index in [-0.39, 0.29) is 0 Å². The lowest BCUT2D eigenvalue weighted by Crippen LogP contribution is -2.03. The lowest BCUT2D eigenvalue weighted by atomic mass is 10.0. The van der Waals surface area contributed by atoms with E-state index >= 15 is 0 Å². The van der Waals surface area contributed by atoms with Crippen LogP contribution in [-0.4, -0.2) is 4.83 Å². The standard InChI is InChI=1S/C6H10Br/c7-6-4-2-1-3-5-6/h4,6H,1-3,5H2. The number of halogens is 1. The molecule has 0 amide bonds. The highest BCUT2D eigenvalue weighted by Crippen LogP contribution is 2.21. The third-order valence-electron chi connectivity index (χ3n) is 1.36. The quantitative estimate of drug-likeness (QED) is 0.480. The zero-order valence-corrected chi connectivity index (χ0v) is 5.95. The van der Waals surface area contributed by atoms with Crippen molar-refractivity contribution >= 4 is 15.9 Å². The summed E-state index contributed by atoms with van der Waals surface area (Å²) in [6.07, 6.45) is 7.83. The van der Waals surface area contributed by atoms with E-state index in [9.17, 15) is 0 Å². The molecule has 1 fully saturated rings. The molecule has 0 saturated heterocycles. The molecule has 0 bridgehead atoms. The van der Waals surface area contributed by atoms with E-state index in [1.807, 2.05) is 0 Å². The van der Waals surface area contributed by atoms with Crippen LogP contribution in [0.15, 0.2) is 0 Å². The summed E-state index contributed by atoms with van der Waals surface area (Å²) in [5.74, 6) is 0. The molecule has 1 unspecified atom stereocenters. The van der Waals surface area contributed by atoms with Gasteiger partial charge in [-0.15, -0.1) is 0 Å². The fraction of sp³-hybridized carbons (Fsp3) is 0.833. The summed E-state index contributed by atoms with van der Waals surface area (Å²) in [7, 11) is 0. The van der Waals surface area contributed by atoms with Gasteiger partial charge >= 0.3 is 0 Å². The average Bonchev–Trinajstić information content (AvgIpc) is 1.69. The molecule has 0 aromatic heterocycles. The van der Waals surface area contributed by atoms with Crippen LogP contribution in [0, 0.1) is 6.42 Å². The van der Waals surface area contributed by atoms with Gasteiger partial charge in [0.2, 0.25) is 0 Å². The van der Waals surface area contributed by atoms with Gasteiger partial charge in [-0.1, -0.05) is 28.8 Å². The van der Waals surface area contributed by atoms with Crippen molar-refractivity contribution in [2.24, 2.45) is 0 Å². The monoisotopic (exact) mass is 161 g/mol. The number of alkyl halides is 1. The first-order valence-corrected chi connectivity index (χ1v) is 3.78. The van der Waals surface area contributed by atoms with Crippen molar-refractivity contribution < 1.29 is 0 Å². The fourth-order valence-electron chi connectivity index (χ4n) is 0.900. The van der Waals surface area contributed by atoms with Crippen molar-refractivity contribution in [2.45, 2.75) is 30.5 Å². The summed E-state index contributed by atoms with van der Waals surface area (Å²) in [5, 5.41) is 0. The predicted molar refractivity (Wildman–Crippen MR) is 35.5 cm³/mol. The Balaban J connectivity index is 2.12. The minimum absolute atomic E-state index is 0.723. The molecule has 1 aliphatic carbocycles. The minimum atomic E-state index is 0.723. The van der Waals surface area contributed by atoms with Gasteiger partial charge in [-0.25, -0.2) is 0 Å². The van der Waals surface area contributed by atoms with E-state index < -0.39 is 0 Å². The first-order chi connectivity index (χ1) is 3.39. The molecule has 0 aromatic rings. The molecule has 0 nitrogen and oxygen atoms in total. The second-order valence-corrected chi connectivity index (χ2v) is 3.21. The summed E-state index contributed by atoms with van der Waals surface area (Å²) in [5.41, 5.74) is 0. The van der Waals surface area contributed by atoms with Crippen LogP contribution in [0.25, 0.3) is 0 Å². The smallest absolute Gasteiger partial charge is 0.0177 e. The highest BCUT2D eigenvalue weighted by atomic mass is 79.9. The Morgan fingerprint density at radius 1 is 1.43 bits per heavy atom. The summed E-state index contributed by atoms with van der Waals surface area (Å²) >= 11 is 3.53. The fourth-order valence-corrected chi connectivity index (χ4v) is 1.49. The van der Waals surface area contributed by atoms with Gasteiger partial charge in [0.25, 0.3) is 0 Å². The lowest BCUT2D eigenvalue weighted by molar-refractivity contribution is 0.608. The lowest BCUT2D eigenvalue weighted by Gasteiger charge is -2.13. The molecule has 0 heterocycles. The summed E-state index contributed by atoms with van der Waals surface area (Å²) in [6.45, 7) is 0. The normalized spacial score (nSPS) is 25.3. The molecule has 1 saturated carbocycles. The second-order valence-electron chi connectivity index (χ2n) is 2.04. The molecule has 1 heteroatoms. The van der Waals surface area contributed by atoms with Crippen molar-refractivity contribution in [3.8, 4) is 0 Å². The van der Waals surface area contributed by atoms with Crippen LogP contribution in [0.1, 0.15) is 25.7 Å². The van der Waals surface area contributed by atoms with Gasteiger partial charge in [-0.05, 0) is 19.3 Å². The summed E-state index contributed by atoms with van der Waals surface area (Å²) < 4.78 is 0. The van der Waals surface area contributed by atoms with Crippen LogP contribution < -0.4 is 0 Å². The number of hydrogen-bond donors (Lipinski definition) is 0. The maximum atomic E-state index is 3.53. The Labute approximate surface area is 53.4 Å². The van der Waals surface area contributed by atoms with Gasteiger partial charge in [-0.2, -0.15) is 0 Å². The number of hydrogen-bond acceptors (Lipinski definition) is 0. The highest BCUT2D eigenvalue weighted by Gasteiger charge is 2.08. The molecule has 1 rings (SSSR count). The Morgan fingerprint density at radius 2 is 2.29 bits per heavy atom. The molecule has 41 valence electrons. The molecule has 0 spiro atoms. The third kappa shape index (κ3) is 1.81. The zero-order chi connectivity index (χ0) is 5.11. The molecule has 0 aliphatic heterocycles. The first kappa shape index (κ1) is 5.61. The van der Waals surface area contributed by atoms with E-state index in [1.54, 1.807) is 0 Å². The number of rotatable bonds is 0. The van der Waals surface area contributed by atoms with Crippen molar-refractivity contribution in [3.63, 3.8) is 0 Å². The molecule has 1 radical (unpaired) electrons. The largest absolute Gasteiger partial charge is 0.0888 e. The molecule has 7 heavy (non-hydrogen) atoms. The van der Waals surface area contributed by atoms with Gasteiger partial charge < -0.3 is 0 Å². The van der Waals surface area contributed by atoms with Crippen LogP contribution in [0.4, 0.5) is 0 Å². The molecule has 1 aliphatic rings. The van der Waals surface area contributed by atoms with Crippen molar-refractivity contribution in [2.75, 3.05) is 0 Å². The Hall–Kier alpha value is 0.480. The van der Waals surface area contributed by atoms with E-state index in [2.05, 4.69) is 22.4 Å². The SMILES string of the molecule is BrC1[CH]CCCC1. The van der Waals surface area contributed by atoms with Crippen LogP contribution in [-0.2, 0) is 0 Å². The second kappa shape index (κ2) is 2.71. The molecular weight excluding hydrogens is 152 g/mol.